The van der Waals surface area contributed by atoms with E-state index in [4.69, 9.17) is 9.97 Å². The van der Waals surface area contributed by atoms with Crippen molar-refractivity contribution < 1.29 is 0 Å². The standard InChI is InChI=1S/C46H30N4/c1-3-13-31(14-4-1)40-30-41(32-15-5-2-6-16-32)48-46(47-40)33-23-25-34(26-24-33)49-44-22-12-9-19-38(44)39-29-35(27-28-45(39)49)50-42-20-10-7-17-36(42)37-18-8-11-21-43(37)50/h1-30H. The van der Waals surface area contributed by atoms with Crippen molar-refractivity contribution in [3.63, 3.8) is 0 Å². The Morgan fingerprint density at radius 3 is 1.26 bits per heavy atom. The van der Waals surface area contributed by atoms with E-state index in [1.165, 1.54) is 38.1 Å². The Balaban J connectivity index is 1.11. The number of rotatable bonds is 5. The first kappa shape index (κ1) is 28.3. The molecule has 0 aliphatic heterocycles. The van der Waals surface area contributed by atoms with Crippen molar-refractivity contribution >= 4 is 43.6 Å². The van der Waals surface area contributed by atoms with Crippen LogP contribution in [0.2, 0.25) is 0 Å². The molecule has 0 saturated carbocycles. The maximum absolute atomic E-state index is 5.05. The second kappa shape index (κ2) is 11.4. The molecule has 3 aromatic heterocycles. The summed E-state index contributed by atoms with van der Waals surface area (Å²) in [5, 5.41) is 4.97. The van der Waals surface area contributed by atoms with Crippen LogP contribution in [0.5, 0.6) is 0 Å². The first-order chi connectivity index (χ1) is 24.8. The van der Waals surface area contributed by atoms with Crippen molar-refractivity contribution in [1.82, 2.24) is 19.1 Å². The lowest BCUT2D eigenvalue weighted by Gasteiger charge is -2.12. The summed E-state index contributed by atoms with van der Waals surface area (Å²) in [7, 11) is 0. The number of para-hydroxylation sites is 3. The van der Waals surface area contributed by atoms with E-state index in [0.717, 1.165) is 45.0 Å². The van der Waals surface area contributed by atoms with Crippen molar-refractivity contribution in [2.75, 3.05) is 0 Å². The van der Waals surface area contributed by atoms with Crippen molar-refractivity contribution in [3.8, 4) is 45.3 Å². The smallest absolute Gasteiger partial charge is 0.160 e. The highest BCUT2D eigenvalue weighted by atomic mass is 15.0. The zero-order valence-corrected chi connectivity index (χ0v) is 27.1. The highest BCUT2D eigenvalue weighted by Crippen LogP contribution is 2.37. The van der Waals surface area contributed by atoms with E-state index in [1.54, 1.807) is 0 Å². The number of aromatic nitrogens is 4. The maximum atomic E-state index is 5.05. The Labute approximate surface area is 289 Å². The van der Waals surface area contributed by atoms with Gasteiger partial charge in [-0.3, -0.25) is 0 Å². The highest BCUT2D eigenvalue weighted by molar-refractivity contribution is 6.12. The van der Waals surface area contributed by atoms with Gasteiger partial charge in [0.15, 0.2) is 5.82 Å². The summed E-state index contributed by atoms with van der Waals surface area (Å²) in [6.45, 7) is 0. The predicted octanol–water partition coefficient (Wildman–Crippen LogP) is 11.7. The third kappa shape index (κ3) is 4.54. The molecule has 0 fully saturated rings. The average Bonchev–Trinajstić information content (AvgIpc) is 3.71. The molecule has 234 valence electrons. The van der Waals surface area contributed by atoms with Gasteiger partial charge in [-0.2, -0.15) is 0 Å². The monoisotopic (exact) mass is 638 g/mol. The summed E-state index contributed by atoms with van der Waals surface area (Å²) < 4.78 is 4.75. The summed E-state index contributed by atoms with van der Waals surface area (Å²) in [4.78, 5) is 10.1. The fourth-order valence-corrected chi connectivity index (χ4v) is 7.43. The molecule has 4 heteroatoms. The van der Waals surface area contributed by atoms with Crippen LogP contribution in [0.4, 0.5) is 0 Å². The minimum absolute atomic E-state index is 0.704. The first-order valence-electron chi connectivity index (χ1n) is 16.9. The molecule has 7 aromatic carbocycles. The van der Waals surface area contributed by atoms with Gasteiger partial charge in [-0.1, -0.05) is 115 Å². The predicted molar refractivity (Wildman–Crippen MR) is 207 cm³/mol. The van der Waals surface area contributed by atoms with Crippen LogP contribution in [0.3, 0.4) is 0 Å². The van der Waals surface area contributed by atoms with Gasteiger partial charge in [-0.25, -0.2) is 9.97 Å². The molecular formula is C46H30N4. The largest absolute Gasteiger partial charge is 0.309 e. The van der Waals surface area contributed by atoms with Crippen molar-refractivity contribution in [2.45, 2.75) is 0 Å². The van der Waals surface area contributed by atoms with E-state index in [2.05, 4.69) is 155 Å². The van der Waals surface area contributed by atoms with Crippen LogP contribution in [-0.2, 0) is 0 Å². The number of hydrogen-bond acceptors (Lipinski definition) is 2. The van der Waals surface area contributed by atoms with Gasteiger partial charge in [0.05, 0.1) is 33.5 Å². The van der Waals surface area contributed by atoms with Crippen LogP contribution in [0.15, 0.2) is 182 Å². The maximum Gasteiger partial charge on any atom is 0.160 e. The van der Waals surface area contributed by atoms with Crippen LogP contribution in [-0.4, -0.2) is 19.1 Å². The van der Waals surface area contributed by atoms with Crippen molar-refractivity contribution in [3.05, 3.63) is 182 Å². The summed E-state index contributed by atoms with van der Waals surface area (Å²) in [6, 6.07) is 64.2. The second-order valence-corrected chi connectivity index (χ2v) is 12.7. The van der Waals surface area contributed by atoms with Gasteiger partial charge in [0.1, 0.15) is 0 Å². The lowest BCUT2D eigenvalue weighted by atomic mass is 10.1. The molecule has 0 bridgehead atoms. The fraction of sp³-hybridized carbons (Fsp3) is 0. The topological polar surface area (TPSA) is 35.6 Å². The molecule has 10 rings (SSSR count). The molecule has 0 amide bonds. The van der Waals surface area contributed by atoms with Gasteiger partial charge in [0, 0.05) is 49.6 Å². The van der Waals surface area contributed by atoms with Gasteiger partial charge in [0.25, 0.3) is 0 Å². The quantitative estimate of drug-likeness (QED) is 0.188. The van der Waals surface area contributed by atoms with Gasteiger partial charge in [-0.15, -0.1) is 0 Å². The van der Waals surface area contributed by atoms with E-state index in [1.807, 2.05) is 36.4 Å². The summed E-state index contributed by atoms with van der Waals surface area (Å²) >= 11 is 0. The molecule has 10 aromatic rings. The van der Waals surface area contributed by atoms with Gasteiger partial charge < -0.3 is 9.13 Å². The molecule has 0 saturated heterocycles. The molecule has 0 aliphatic rings. The van der Waals surface area contributed by atoms with Crippen LogP contribution in [0, 0.1) is 0 Å². The molecular weight excluding hydrogens is 609 g/mol. The van der Waals surface area contributed by atoms with Crippen LogP contribution in [0.25, 0.3) is 88.9 Å². The third-order valence-corrected chi connectivity index (χ3v) is 9.74. The molecule has 0 aliphatic carbocycles. The number of benzene rings is 7. The van der Waals surface area contributed by atoms with Gasteiger partial charge in [0.2, 0.25) is 0 Å². The average molecular weight is 639 g/mol. The lowest BCUT2D eigenvalue weighted by molar-refractivity contribution is 1.16. The SMILES string of the molecule is c1ccc(-c2cc(-c3ccccc3)nc(-c3ccc(-n4c5ccccc5c5cc(-n6c7ccccc7c7ccccc76)ccc54)cc3)n2)cc1. The zero-order valence-electron chi connectivity index (χ0n) is 27.1. The Morgan fingerprint density at radius 1 is 0.300 bits per heavy atom. The Kier molecular flexibility index (Phi) is 6.46. The molecule has 0 atom stereocenters. The summed E-state index contributed by atoms with van der Waals surface area (Å²) in [5.41, 5.74) is 11.9. The lowest BCUT2D eigenvalue weighted by Crippen LogP contribution is -1.97. The number of hydrogen-bond donors (Lipinski definition) is 0. The van der Waals surface area contributed by atoms with E-state index < -0.39 is 0 Å². The molecule has 0 radical (unpaired) electrons. The minimum Gasteiger partial charge on any atom is -0.309 e. The molecule has 50 heavy (non-hydrogen) atoms. The molecule has 0 unspecified atom stereocenters. The Morgan fingerprint density at radius 2 is 0.720 bits per heavy atom. The molecule has 3 heterocycles. The number of nitrogens with zero attached hydrogens (tertiary/aromatic N) is 4. The fourth-order valence-electron chi connectivity index (χ4n) is 7.43. The van der Waals surface area contributed by atoms with E-state index in [0.29, 0.717) is 5.82 Å². The summed E-state index contributed by atoms with van der Waals surface area (Å²) in [6.07, 6.45) is 0. The second-order valence-electron chi connectivity index (χ2n) is 12.7. The van der Waals surface area contributed by atoms with Crippen LogP contribution in [0.1, 0.15) is 0 Å². The summed E-state index contributed by atoms with van der Waals surface area (Å²) in [5.74, 6) is 0.704. The first-order valence-corrected chi connectivity index (χ1v) is 16.9. The molecule has 0 N–H and O–H groups in total. The van der Waals surface area contributed by atoms with E-state index in [-0.39, 0.29) is 0 Å². The van der Waals surface area contributed by atoms with Crippen LogP contribution < -0.4 is 0 Å². The zero-order chi connectivity index (χ0) is 33.0. The Bertz CT molecular complexity index is 2740. The third-order valence-electron chi connectivity index (χ3n) is 9.74. The van der Waals surface area contributed by atoms with E-state index >= 15 is 0 Å². The minimum atomic E-state index is 0.704. The van der Waals surface area contributed by atoms with Gasteiger partial charge >= 0.3 is 0 Å². The van der Waals surface area contributed by atoms with E-state index in [9.17, 15) is 0 Å². The Hall–Kier alpha value is -6.78. The van der Waals surface area contributed by atoms with Crippen molar-refractivity contribution in [2.24, 2.45) is 0 Å². The highest BCUT2D eigenvalue weighted by Gasteiger charge is 2.17. The number of fused-ring (bicyclic) bond motifs is 6. The van der Waals surface area contributed by atoms with Gasteiger partial charge in [-0.05, 0) is 66.7 Å². The normalized spacial score (nSPS) is 11.6. The molecule has 4 nitrogen and oxygen atoms in total. The van der Waals surface area contributed by atoms with Crippen molar-refractivity contribution in [1.29, 1.82) is 0 Å². The molecule has 0 spiro atoms. The van der Waals surface area contributed by atoms with Crippen LogP contribution >= 0.6 is 0 Å².